The molecule has 0 saturated heterocycles. The zero-order valence-electron chi connectivity index (χ0n) is 10.0. The third kappa shape index (κ3) is 3.56. The summed E-state index contributed by atoms with van der Waals surface area (Å²) in [5, 5.41) is 0.527. The Morgan fingerprint density at radius 2 is 2.12 bits per heavy atom. The van der Waals surface area contributed by atoms with Gasteiger partial charge in [0.15, 0.2) is 5.78 Å². The predicted octanol–water partition coefficient (Wildman–Crippen LogP) is 3.41. The van der Waals surface area contributed by atoms with Gasteiger partial charge in [-0.2, -0.15) is 11.8 Å². The van der Waals surface area contributed by atoms with Crippen molar-refractivity contribution in [1.82, 2.24) is 0 Å². The van der Waals surface area contributed by atoms with Crippen LogP contribution in [0.25, 0.3) is 0 Å². The first-order valence-corrected chi connectivity index (χ1v) is 6.51. The average molecular weight is 238 g/mol. The van der Waals surface area contributed by atoms with Crippen LogP contribution in [-0.4, -0.2) is 23.9 Å². The number of benzene rings is 1. The van der Waals surface area contributed by atoms with Gasteiger partial charge in [-0.1, -0.05) is 26.0 Å². The van der Waals surface area contributed by atoms with Crippen LogP contribution in [0.4, 0.5) is 0 Å². The summed E-state index contributed by atoms with van der Waals surface area (Å²) >= 11 is 1.69. The fourth-order valence-corrected chi connectivity index (χ4v) is 2.12. The van der Waals surface area contributed by atoms with Crippen molar-refractivity contribution in [3.05, 3.63) is 29.8 Å². The Morgan fingerprint density at radius 1 is 1.44 bits per heavy atom. The molecule has 0 aromatic heterocycles. The van der Waals surface area contributed by atoms with Crippen molar-refractivity contribution in [2.45, 2.75) is 25.5 Å². The van der Waals surface area contributed by atoms with E-state index < -0.39 is 0 Å². The molecular weight excluding hydrogens is 220 g/mol. The lowest BCUT2D eigenvalue weighted by Gasteiger charge is -2.09. The average Bonchev–Trinajstić information content (AvgIpc) is 2.35. The minimum absolute atomic E-state index is 0.141. The fourth-order valence-electron chi connectivity index (χ4n) is 1.29. The van der Waals surface area contributed by atoms with Gasteiger partial charge in [-0.25, -0.2) is 0 Å². The maximum atomic E-state index is 11.9. The fraction of sp³-hybridized carbons (Fsp3) is 0.462. The topological polar surface area (TPSA) is 26.3 Å². The van der Waals surface area contributed by atoms with E-state index in [2.05, 4.69) is 13.8 Å². The lowest BCUT2D eigenvalue weighted by atomic mass is 10.1. The normalized spacial score (nSPS) is 12.2. The molecule has 0 spiro atoms. The first kappa shape index (κ1) is 13.1. The number of Topliss-reactive ketones (excluding diaryl/α,β-unsaturated/α-hetero) is 1. The van der Waals surface area contributed by atoms with E-state index in [1.54, 1.807) is 18.9 Å². The highest BCUT2D eigenvalue weighted by atomic mass is 32.2. The molecule has 1 aromatic rings. The van der Waals surface area contributed by atoms with Crippen LogP contribution in [-0.2, 0) is 0 Å². The summed E-state index contributed by atoms with van der Waals surface area (Å²) in [7, 11) is 1.59. The molecule has 16 heavy (non-hydrogen) atoms. The highest BCUT2D eigenvalue weighted by molar-refractivity contribution is 8.00. The minimum atomic E-state index is 0.141. The molecule has 0 bridgehead atoms. The second-order valence-corrected chi connectivity index (χ2v) is 5.08. The van der Waals surface area contributed by atoms with Crippen LogP contribution in [0.2, 0.25) is 0 Å². The molecule has 0 aliphatic rings. The molecule has 1 atom stereocenters. The molecule has 0 amide bonds. The van der Waals surface area contributed by atoms with Crippen LogP contribution in [0.5, 0.6) is 5.75 Å². The Kier molecular flexibility index (Phi) is 5.39. The smallest absolute Gasteiger partial charge is 0.176 e. The van der Waals surface area contributed by atoms with Gasteiger partial charge < -0.3 is 4.74 Å². The number of ether oxygens (including phenoxy) is 1. The van der Waals surface area contributed by atoms with Gasteiger partial charge in [0, 0.05) is 5.25 Å². The molecule has 0 saturated carbocycles. The van der Waals surface area contributed by atoms with Gasteiger partial charge >= 0.3 is 0 Å². The van der Waals surface area contributed by atoms with Crippen LogP contribution < -0.4 is 4.74 Å². The van der Waals surface area contributed by atoms with Gasteiger partial charge in [-0.05, 0) is 18.6 Å². The van der Waals surface area contributed by atoms with E-state index in [-0.39, 0.29) is 5.78 Å². The Labute approximate surface area is 101 Å². The van der Waals surface area contributed by atoms with Gasteiger partial charge in [-0.3, -0.25) is 4.79 Å². The Balaban J connectivity index is 2.65. The molecule has 1 aromatic carbocycles. The number of ketones is 1. The van der Waals surface area contributed by atoms with Crippen molar-refractivity contribution < 1.29 is 9.53 Å². The molecule has 3 heteroatoms. The summed E-state index contributed by atoms with van der Waals surface area (Å²) in [5.41, 5.74) is 0.681. The van der Waals surface area contributed by atoms with Crippen LogP contribution in [0.15, 0.2) is 24.3 Å². The minimum Gasteiger partial charge on any atom is -0.496 e. The number of methoxy groups -OCH3 is 1. The number of thioether (sulfide) groups is 1. The van der Waals surface area contributed by atoms with E-state index in [1.807, 2.05) is 24.3 Å². The molecule has 0 radical (unpaired) electrons. The SMILES string of the molecule is CCC(C)SCC(=O)c1ccccc1OC. The molecule has 0 aliphatic carbocycles. The molecule has 1 rings (SSSR count). The largest absolute Gasteiger partial charge is 0.496 e. The van der Waals surface area contributed by atoms with Gasteiger partial charge in [0.2, 0.25) is 0 Å². The molecular formula is C13H18O2S. The van der Waals surface area contributed by atoms with E-state index in [9.17, 15) is 4.79 Å². The molecule has 88 valence electrons. The zero-order valence-corrected chi connectivity index (χ0v) is 10.8. The van der Waals surface area contributed by atoms with Crippen LogP contribution in [0, 0.1) is 0 Å². The summed E-state index contributed by atoms with van der Waals surface area (Å²) in [6.45, 7) is 4.27. The van der Waals surface area contributed by atoms with Gasteiger partial charge in [0.25, 0.3) is 0 Å². The summed E-state index contributed by atoms with van der Waals surface area (Å²) < 4.78 is 5.17. The van der Waals surface area contributed by atoms with Crippen molar-refractivity contribution in [2.24, 2.45) is 0 Å². The summed E-state index contributed by atoms with van der Waals surface area (Å²) in [6, 6.07) is 7.38. The van der Waals surface area contributed by atoms with Gasteiger partial charge in [0.1, 0.15) is 5.75 Å². The molecule has 2 nitrogen and oxygen atoms in total. The first-order valence-electron chi connectivity index (χ1n) is 5.46. The van der Waals surface area contributed by atoms with Crippen molar-refractivity contribution in [3.8, 4) is 5.75 Å². The lowest BCUT2D eigenvalue weighted by Crippen LogP contribution is -2.07. The zero-order chi connectivity index (χ0) is 12.0. The third-order valence-corrected chi connectivity index (χ3v) is 3.81. The predicted molar refractivity (Wildman–Crippen MR) is 69.5 cm³/mol. The highest BCUT2D eigenvalue weighted by Crippen LogP contribution is 2.21. The van der Waals surface area contributed by atoms with Crippen molar-refractivity contribution in [2.75, 3.05) is 12.9 Å². The first-order chi connectivity index (χ1) is 7.69. The number of carbonyl (C=O) groups is 1. The van der Waals surface area contributed by atoms with E-state index in [4.69, 9.17) is 4.74 Å². The number of para-hydroxylation sites is 1. The van der Waals surface area contributed by atoms with Crippen molar-refractivity contribution >= 4 is 17.5 Å². The summed E-state index contributed by atoms with van der Waals surface area (Å²) in [5.74, 6) is 1.33. The van der Waals surface area contributed by atoms with E-state index >= 15 is 0 Å². The van der Waals surface area contributed by atoms with Gasteiger partial charge in [0.05, 0.1) is 18.4 Å². The second kappa shape index (κ2) is 6.59. The molecule has 0 aliphatic heterocycles. The number of carbonyl (C=O) groups excluding carboxylic acids is 1. The second-order valence-electron chi connectivity index (χ2n) is 3.65. The maximum absolute atomic E-state index is 11.9. The standard InChI is InChI=1S/C13H18O2S/c1-4-10(2)16-9-12(14)11-7-5-6-8-13(11)15-3/h5-8,10H,4,9H2,1-3H3. The maximum Gasteiger partial charge on any atom is 0.176 e. The highest BCUT2D eigenvalue weighted by Gasteiger charge is 2.12. The van der Waals surface area contributed by atoms with Crippen LogP contribution >= 0.6 is 11.8 Å². The molecule has 0 N–H and O–H groups in total. The quantitative estimate of drug-likeness (QED) is 0.710. The van der Waals surface area contributed by atoms with Crippen molar-refractivity contribution in [1.29, 1.82) is 0 Å². The van der Waals surface area contributed by atoms with E-state index in [0.29, 0.717) is 22.3 Å². The number of hydrogen-bond acceptors (Lipinski definition) is 3. The molecule has 0 fully saturated rings. The van der Waals surface area contributed by atoms with Crippen LogP contribution in [0.1, 0.15) is 30.6 Å². The Bertz CT molecular complexity index is 350. The monoisotopic (exact) mass is 238 g/mol. The lowest BCUT2D eigenvalue weighted by molar-refractivity contribution is 0.101. The van der Waals surface area contributed by atoms with E-state index in [0.717, 1.165) is 6.42 Å². The van der Waals surface area contributed by atoms with Crippen molar-refractivity contribution in [3.63, 3.8) is 0 Å². The van der Waals surface area contributed by atoms with E-state index in [1.165, 1.54) is 0 Å². The summed E-state index contributed by atoms with van der Waals surface area (Å²) in [4.78, 5) is 11.9. The number of hydrogen-bond donors (Lipinski definition) is 0. The van der Waals surface area contributed by atoms with Crippen LogP contribution in [0.3, 0.4) is 0 Å². The molecule has 1 unspecified atom stereocenters. The Hall–Kier alpha value is -0.960. The third-order valence-electron chi connectivity index (χ3n) is 2.48. The molecule has 0 heterocycles. The Morgan fingerprint density at radius 3 is 2.75 bits per heavy atom. The summed E-state index contributed by atoms with van der Waals surface area (Å²) in [6.07, 6.45) is 1.09. The number of rotatable bonds is 6. The van der Waals surface area contributed by atoms with Gasteiger partial charge in [-0.15, -0.1) is 0 Å².